The highest BCUT2D eigenvalue weighted by molar-refractivity contribution is 9.10. The molecule has 0 spiro atoms. The van der Waals surface area contributed by atoms with Crippen molar-refractivity contribution < 1.29 is 17.9 Å². The number of carbonyl (C=O) groups excluding carboxylic acids is 1. The van der Waals surface area contributed by atoms with E-state index in [1.165, 1.54) is 26.3 Å². The van der Waals surface area contributed by atoms with Crippen molar-refractivity contribution in [3.63, 3.8) is 0 Å². The van der Waals surface area contributed by atoms with Crippen LogP contribution in [0.1, 0.15) is 6.92 Å². The van der Waals surface area contributed by atoms with Gasteiger partial charge < -0.3 is 15.8 Å². The molecule has 0 atom stereocenters. The summed E-state index contributed by atoms with van der Waals surface area (Å²) in [5, 5.41) is 2.54. The Balaban J connectivity index is 3.18. The van der Waals surface area contributed by atoms with Crippen LogP contribution in [0.5, 0.6) is 5.75 Å². The Bertz CT molecular complexity index is 634. The van der Waals surface area contributed by atoms with E-state index in [0.29, 0.717) is 11.0 Å². The van der Waals surface area contributed by atoms with Crippen LogP contribution >= 0.6 is 15.9 Å². The normalized spacial score (nSPS) is 11.5. The first-order valence-electron chi connectivity index (χ1n) is 6.10. The van der Waals surface area contributed by atoms with Crippen LogP contribution in [0.2, 0.25) is 0 Å². The molecule has 0 heterocycles. The van der Waals surface area contributed by atoms with Crippen molar-refractivity contribution >= 4 is 37.5 Å². The molecule has 9 heteroatoms. The number of nitrogen functional groups attached to an aromatic ring is 1. The third-order valence-electron chi connectivity index (χ3n) is 2.71. The summed E-state index contributed by atoms with van der Waals surface area (Å²) in [6.45, 7) is 1.90. The number of anilines is 1. The zero-order valence-corrected chi connectivity index (χ0v) is 14.4. The van der Waals surface area contributed by atoms with E-state index in [1.807, 2.05) is 0 Å². The third kappa shape index (κ3) is 4.08. The van der Waals surface area contributed by atoms with Gasteiger partial charge in [-0.2, -0.15) is 4.31 Å². The summed E-state index contributed by atoms with van der Waals surface area (Å²) in [7, 11) is -1.20. The summed E-state index contributed by atoms with van der Waals surface area (Å²) in [5.74, 6) is -0.230. The number of methoxy groups -OCH3 is 1. The zero-order valence-electron chi connectivity index (χ0n) is 12.0. The molecule has 0 aliphatic rings. The molecule has 0 fully saturated rings. The number of carbonyl (C=O) groups is 1. The Labute approximate surface area is 132 Å². The number of likely N-dealkylation sites (N-methyl/N-ethyl adjacent to an activating group) is 2. The van der Waals surface area contributed by atoms with Gasteiger partial charge in [-0.15, -0.1) is 0 Å². The summed E-state index contributed by atoms with van der Waals surface area (Å²) in [6.07, 6.45) is 0. The smallest absolute Gasteiger partial charge is 0.247 e. The van der Waals surface area contributed by atoms with Gasteiger partial charge in [0, 0.05) is 23.8 Å². The van der Waals surface area contributed by atoms with Gasteiger partial charge >= 0.3 is 0 Å². The van der Waals surface area contributed by atoms with Crippen LogP contribution in [0.25, 0.3) is 0 Å². The molecular formula is C12H18BrN3O4S. The van der Waals surface area contributed by atoms with Crippen molar-refractivity contribution in [1.29, 1.82) is 0 Å². The molecule has 118 valence electrons. The van der Waals surface area contributed by atoms with Gasteiger partial charge in [0.05, 0.1) is 13.7 Å². The van der Waals surface area contributed by atoms with Gasteiger partial charge in [-0.25, -0.2) is 8.42 Å². The average molecular weight is 380 g/mol. The van der Waals surface area contributed by atoms with E-state index in [1.54, 1.807) is 6.92 Å². The number of nitrogens with two attached hydrogens (primary N) is 1. The number of amides is 1. The lowest BCUT2D eigenvalue weighted by atomic mass is 10.3. The van der Waals surface area contributed by atoms with Crippen molar-refractivity contribution in [2.24, 2.45) is 0 Å². The van der Waals surface area contributed by atoms with Gasteiger partial charge in [-0.05, 0) is 35.0 Å². The molecular weight excluding hydrogens is 362 g/mol. The number of ether oxygens (including phenoxy) is 1. The highest BCUT2D eigenvalue weighted by atomic mass is 79.9. The van der Waals surface area contributed by atoms with Crippen LogP contribution in [0.4, 0.5) is 5.69 Å². The summed E-state index contributed by atoms with van der Waals surface area (Å²) < 4.78 is 31.6. The zero-order chi connectivity index (χ0) is 16.2. The molecule has 0 saturated carbocycles. The predicted molar refractivity (Wildman–Crippen MR) is 83.6 cm³/mol. The van der Waals surface area contributed by atoms with Gasteiger partial charge in [0.25, 0.3) is 0 Å². The van der Waals surface area contributed by atoms with Gasteiger partial charge in [0.15, 0.2) is 0 Å². The van der Waals surface area contributed by atoms with Crippen LogP contribution in [0.3, 0.4) is 0 Å². The lowest BCUT2D eigenvalue weighted by molar-refractivity contribution is -0.121. The van der Waals surface area contributed by atoms with Crippen LogP contribution in [0.15, 0.2) is 21.5 Å². The van der Waals surface area contributed by atoms with E-state index in [0.717, 1.165) is 4.31 Å². The third-order valence-corrected chi connectivity index (χ3v) is 5.22. The Morgan fingerprint density at radius 1 is 1.48 bits per heavy atom. The number of halogens is 1. The first-order valence-corrected chi connectivity index (χ1v) is 8.33. The largest absolute Gasteiger partial charge is 0.495 e. The first-order chi connectivity index (χ1) is 9.73. The Hall–Kier alpha value is -1.32. The van der Waals surface area contributed by atoms with Crippen molar-refractivity contribution in [1.82, 2.24) is 9.62 Å². The van der Waals surface area contributed by atoms with Crippen molar-refractivity contribution in [3.8, 4) is 5.75 Å². The topological polar surface area (TPSA) is 102 Å². The number of hydrogen-bond donors (Lipinski definition) is 2. The maximum atomic E-state index is 12.5. The summed E-state index contributed by atoms with van der Waals surface area (Å²) in [5.41, 5.74) is 5.99. The Morgan fingerprint density at radius 2 is 2.10 bits per heavy atom. The lowest BCUT2D eigenvalue weighted by Crippen LogP contribution is -2.38. The molecule has 1 aromatic rings. The molecule has 7 nitrogen and oxygen atoms in total. The SMILES string of the molecule is CCNC(=O)CN(C)S(=O)(=O)c1cc(N)c(Br)cc1OC. The van der Waals surface area contributed by atoms with Crippen molar-refractivity contribution in [2.75, 3.05) is 33.0 Å². The fourth-order valence-electron chi connectivity index (χ4n) is 1.62. The molecule has 0 unspecified atom stereocenters. The quantitative estimate of drug-likeness (QED) is 0.711. The molecule has 21 heavy (non-hydrogen) atoms. The van der Waals surface area contributed by atoms with Gasteiger partial charge in [0.2, 0.25) is 15.9 Å². The first kappa shape index (κ1) is 17.7. The number of hydrogen-bond acceptors (Lipinski definition) is 5. The second-order valence-corrected chi connectivity index (χ2v) is 7.11. The standard InChI is InChI=1S/C12H18BrN3O4S/c1-4-15-12(17)7-16(2)21(18,19)11-6-9(14)8(13)5-10(11)20-3/h5-6H,4,7,14H2,1-3H3,(H,15,17). The summed E-state index contributed by atoms with van der Waals surface area (Å²) >= 11 is 3.21. The fraction of sp³-hybridized carbons (Fsp3) is 0.417. The minimum atomic E-state index is -3.89. The van der Waals surface area contributed by atoms with Gasteiger partial charge in [-0.1, -0.05) is 0 Å². The molecule has 0 aliphatic carbocycles. The van der Waals surface area contributed by atoms with Crippen LogP contribution < -0.4 is 15.8 Å². The van der Waals surface area contributed by atoms with Crippen molar-refractivity contribution in [2.45, 2.75) is 11.8 Å². The minimum Gasteiger partial charge on any atom is -0.495 e. The Morgan fingerprint density at radius 3 is 2.62 bits per heavy atom. The summed E-state index contributed by atoms with van der Waals surface area (Å²) in [6, 6.07) is 2.77. The van der Waals surface area contributed by atoms with E-state index < -0.39 is 10.0 Å². The minimum absolute atomic E-state index is 0.0856. The van der Waals surface area contributed by atoms with Crippen LogP contribution in [-0.4, -0.2) is 45.9 Å². The van der Waals surface area contributed by atoms with Crippen LogP contribution in [0, 0.1) is 0 Å². The monoisotopic (exact) mass is 379 g/mol. The molecule has 1 aromatic carbocycles. The van der Waals surface area contributed by atoms with E-state index >= 15 is 0 Å². The second kappa shape index (κ2) is 7.10. The van der Waals surface area contributed by atoms with Crippen molar-refractivity contribution in [3.05, 3.63) is 16.6 Å². The average Bonchev–Trinajstić information content (AvgIpc) is 2.41. The Kier molecular flexibility index (Phi) is 5.99. The lowest BCUT2D eigenvalue weighted by Gasteiger charge is -2.19. The highest BCUT2D eigenvalue weighted by Crippen LogP contribution is 2.33. The number of sulfonamides is 1. The predicted octanol–water partition coefficient (Wildman–Crippen LogP) is 0.797. The molecule has 0 aliphatic heterocycles. The number of benzene rings is 1. The maximum absolute atomic E-state index is 12.5. The molecule has 0 radical (unpaired) electrons. The van der Waals surface area contributed by atoms with Gasteiger partial charge in [0.1, 0.15) is 10.6 Å². The molecule has 0 saturated heterocycles. The molecule has 0 bridgehead atoms. The van der Waals surface area contributed by atoms with E-state index in [2.05, 4.69) is 21.2 Å². The maximum Gasteiger partial charge on any atom is 0.247 e. The fourth-order valence-corrected chi connectivity index (χ4v) is 3.24. The van der Waals surface area contributed by atoms with E-state index in [-0.39, 0.29) is 28.8 Å². The summed E-state index contributed by atoms with van der Waals surface area (Å²) in [4.78, 5) is 11.4. The van der Waals surface area contributed by atoms with E-state index in [4.69, 9.17) is 10.5 Å². The molecule has 3 N–H and O–H groups in total. The second-order valence-electron chi connectivity index (χ2n) is 4.24. The number of nitrogens with one attached hydrogen (secondary N) is 1. The molecule has 1 amide bonds. The van der Waals surface area contributed by atoms with Crippen LogP contribution in [-0.2, 0) is 14.8 Å². The number of rotatable bonds is 6. The molecule has 0 aromatic heterocycles. The highest BCUT2D eigenvalue weighted by Gasteiger charge is 2.27. The molecule has 1 rings (SSSR count). The van der Waals surface area contributed by atoms with Gasteiger partial charge in [-0.3, -0.25) is 4.79 Å². The number of nitrogens with zero attached hydrogens (tertiary/aromatic N) is 1. The van der Waals surface area contributed by atoms with E-state index in [9.17, 15) is 13.2 Å².